The summed E-state index contributed by atoms with van der Waals surface area (Å²) in [7, 11) is 1.88. The second-order valence-corrected chi connectivity index (χ2v) is 4.85. The van der Waals surface area contributed by atoms with E-state index in [0.29, 0.717) is 6.04 Å². The average molecular weight is 249 g/mol. The Bertz CT molecular complexity index is 396. The SMILES string of the molecule is CN(CC(=O)O)C1CCN(Cc2cccnc2)C1. The maximum Gasteiger partial charge on any atom is 0.317 e. The van der Waals surface area contributed by atoms with Gasteiger partial charge in [0.2, 0.25) is 0 Å². The fraction of sp³-hybridized carbons (Fsp3) is 0.538. The van der Waals surface area contributed by atoms with Crippen molar-refractivity contribution in [1.29, 1.82) is 0 Å². The van der Waals surface area contributed by atoms with Gasteiger partial charge in [-0.3, -0.25) is 19.6 Å². The van der Waals surface area contributed by atoms with Crippen LogP contribution >= 0.6 is 0 Å². The van der Waals surface area contributed by atoms with Crippen LogP contribution in [-0.2, 0) is 11.3 Å². The first-order valence-corrected chi connectivity index (χ1v) is 6.18. The first-order chi connectivity index (χ1) is 8.65. The molecule has 1 aliphatic rings. The number of hydrogen-bond acceptors (Lipinski definition) is 4. The van der Waals surface area contributed by atoms with E-state index in [1.807, 2.05) is 24.2 Å². The van der Waals surface area contributed by atoms with Crippen LogP contribution in [0.2, 0.25) is 0 Å². The lowest BCUT2D eigenvalue weighted by atomic mass is 10.2. The zero-order valence-electron chi connectivity index (χ0n) is 10.6. The maximum atomic E-state index is 10.7. The van der Waals surface area contributed by atoms with Gasteiger partial charge < -0.3 is 5.11 Å². The van der Waals surface area contributed by atoms with E-state index in [1.54, 1.807) is 6.20 Å². The third-order valence-corrected chi connectivity index (χ3v) is 3.38. The van der Waals surface area contributed by atoms with Crippen LogP contribution < -0.4 is 0 Å². The third-order valence-electron chi connectivity index (χ3n) is 3.38. The first-order valence-electron chi connectivity index (χ1n) is 6.18. The Balaban J connectivity index is 1.83. The third kappa shape index (κ3) is 3.51. The fourth-order valence-electron chi connectivity index (χ4n) is 2.41. The monoisotopic (exact) mass is 249 g/mol. The minimum Gasteiger partial charge on any atom is -0.480 e. The summed E-state index contributed by atoms with van der Waals surface area (Å²) in [6.07, 6.45) is 4.69. The zero-order valence-corrected chi connectivity index (χ0v) is 10.6. The molecule has 0 saturated carbocycles. The van der Waals surface area contributed by atoms with E-state index in [4.69, 9.17) is 5.11 Å². The smallest absolute Gasteiger partial charge is 0.317 e. The number of likely N-dealkylation sites (tertiary alicyclic amines) is 1. The quantitative estimate of drug-likeness (QED) is 0.831. The first kappa shape index (κ1) is 13.0. The van der Waals surface area contributed by atoms with Crippen molar-refractivity contribution in [2.24, 2.45) is 0 Å². The van der Waals surface area contributed by atoms with Gasteiger partial charge in [0.15, 0.2) is 0 Å². The van der Waals surface area contributed by atoms with E-state index in [2.05, 4.69) is 16.0 Å². The molecule has 2 heterocycles. The van der Waals surface area contributed by atoms with E-state index in [-0.39, 0.29) is 6.54 Å². The normalized spacial score (nSPS) is 20.4. The average Bonchev–Trinajstić information content (AvgIpc) is 2.78. The lowest BCUT2D eigenvalue weighted by Gasteiger charge is -2.22. The summed E-state index contributed by atoms with van der Waals surface area (Å²) >= 11 is 0. The molecule has 0 aliphatic carbocycles. The van der Waals surface area contributed by atoms with Gasteiger partial charge in [0.25, 0.3) is 0 Å². The molecule has 98 valence electrons. The number of aliphatic carboxylic acids is 1. The van der Waals surface area contributed by atoms with E-state index < -0.39 is 5.97 Å². The number of likely N-dealkylation sites (N-methyl/N-ethyl adjacent to an activating group) is 1. The number of aromatic nitrogens is 1. The van der Waals surface area contributed by atoms with Crippen LogP contribution in [0, 0.1) is 0 Å². The summed E-state index contributed by atoms with van der Waals surface area (Å²) in [6, 6.07) is 4.36. The molecule has 1 saturated heterocycles. The van der Waals surface area contributed by atoms with Crippen LogP contribution in [0.5, 0.6) is 0 Å². The number of pyridine rings is 1. The van der Waals surface area contributed by atoms with Gasteiger partial charge in [0.05, 0.1) is 6.54 Å². The Labute approximate surface area is 107 Å². The summed E-state index contributed by atoms with van der Waals surface area (Å²) in [6.45, 7) is 2.96. The molecular weight excluding hydrogens is 230 g/mol. The van der Waals surface area contributed by atoms with Crippen LogP contribution in [0.3, 0.4) is 0 Å². The summed E-state index contributed by atoms with van der Waals surface area (Å²) < 4.78 is 0. The van der Waals surface area contributed by atoms with Crippen molar-refractivity contribution in [3.63, 3.8) is 0 Å². The van der Waals surface area contributed by atoms with Crippen molar-refractivity contribution in [3.05, 3.63) is 30.1 Å². The predicted molar refractivity (Wildman–Crippen MR) is 68.2 cm³/mol. The molecule has 1 fully saturated rings. The second-order valence-electron chi connectivity index (χ2n) is 4.85. The van der Waals surface area contributed by atoms with Gasteiger partial charge in [-0.05, 0) is 25.1 Å². The molecule has 0 bridgehead atoms. The van der Waals surface area contributed by atoms with E-state index in [9.17, 15) is 4.79 Å². The summed E-state index contributed by atoms with van der Waals surface area (Å²) in [5.41, 5.74) is 1.21. The lowest BCUT2D eigenvalue weighted by molar-refractivity contribution is -0.138. The van der Waals surface area contributed by atoms with Gasteiger partial charge in [-0.25, -0.2) is 0 Å². The van der Waals surface area contributed by atoms with Crippen molar-refractivity contribution >= 4 is 5.97 Å². The van der Waals surface area contributed by atoms with E-state index in [0.717, 1.165) is 26.1 Å². The molecular formula is C13H19N3O2. The molecule has 0 aromatic carbocycles. The molecule has 5 heteroatoms. The van der Waals surface area contributed by atoms with Gasteiger partial charge in [0, 0.05) is 38.1 Å². The highest BCUT2D eigenvalue weighted by atomic mass is 16.4. The highest BCUT2D eigenvalue weighted by Gasteiger charge is 2.26. The van der Waals surface area contributed by atoms with Crippen molar-refractivity contribution in [2.45, 2.75) is 19.0 Å². The fourth-order valence-corrected chi connectivity index (χ4v) is 2.41. The molecule has 0 spiro atoms. The molecule has 1 aromatic heterocycles. The molecule has 1 unspecified atom stereocenters. The molecule has 5 nitrogen and oxygen atoms in total. The van der Waals surface area contributed by atoms with E-state index in [1.165, 1.54) is 5.56 Å². The highest BCUT2D eigenvalue weighted by molar-refractivity contribution is 5.69. The molecule has 1 N–H and O–H groups in total. The molecule has 2 rings (SSSR count). The van der Waals surface area contributed by atoms with Gasteiger partial charge in [-0.15, -0.1) is 0 Å². The molecule has 1 aliphatic heterocycles. The summed E-state index contributed by atoms with van der Waals surface area (Å²) in [5, 5.41) is 8.78. The van der Waals surface area contributed by atoms with Gasteiger partial charge >= 0.3 is 5.97 Å². The Morgan fingerprint density at radius 3 is 3.17 bits per heavy atom. The molecule has 1 aromatic rings. The highest BCUT2D eigenvalue weighted by Crippen LogP contribution is 2.16. The molecule has 18 heavy (non-hydrogen) atoms. The number of carbonyl (C=O) groups is 1. The number of nitrogens with zero attached hydrogens (tertiary/aromatic N) is 3. The maximum absolute atomic E-state index is 10.7. The Hall–Kier alpha value is -1.46. The van der Waals surface area contributed by atoms with Gasteiger partial charge in [-0.1, -0.05) is 6.07 Å². The van der Waals surface area contributed by atoms with Crippen LogP contribution in [0.4, 0.5) is 0 Å². The second kappa shape index (κ2) is 5.93. The lowest BCUT2D eigenvalue weighted by Crippen LogP contribution is -2.37. The molecule has 1 atom stereocenters. The standard InChI is InChI=1S/C13H19N3O2/c1-15(10-13(17)18)12-4-6-16(9-12)8-11-3-2-5-14-7-11/h2-3,5,7,12H,4,6,8-10H2,1H3,(H,17,18). The van der Waals surface area contributed by atoms with Crippen LogP contribution in [0.25, 0.3) is 0 Å². The van der Waals surface area contributed by atoms with Crippen molar-refractivity contribution in [2.75, 3.05) is 26.7 Å². The Kier molecular flexibility index (Phi) is 4.28. The number of carboxylic acids is 1. The minimum absolute atomic E-state index is 0.116. The zero-order chi connectivity index (χ0) is 13.0. The van der Waals surface area contributed by atoms with Crippen LogP contribution in [-0.4, -0.2) is 58.6 Å². The number of rotatable bonds is 5. The van der Waals surface area contributed by atoms with Crippen molar-refractivity contribution < 1.29 is 9.90 Å². The number of hydrogen-bond donors (Lipinski definition) is 1. The van der Waals surface area contributed by atoms with Crippen molar-refractivity contribution in [3.8, 4) is 0 Å². The van der Waals surface area contributed by atoms with Crippen LogP contribution in [0.15, 0.2) is 24.5 Å². The van der Waals surface area contributed by atoms with Crippen molar-refractivity contribution in [1.82, 2.24) is 14.8 Å². The summed E-state index contributed by atoms with van der Waals surface area (Å²) in [4.78, 5) is 19.1. The molecule has 0 radical (unpaired) electrons. The van der Waals surface area contributed by atoms with E-state index >= 15 is 0 Å². The Morgan fingerprint density at radius 2 is 2.50 bits per heavy atom. The van der Waals surface area contributed by atoms with Gasteiger partial charge in [0.1, 0.15) is 0 Å². The predicted octanol–water partition coefficient (Wildman–Crippen LogP) is 0.672. The minimum atomic E-state index is -0.761. The largest absolute Gasteiger partial charge is 0.480 e. The Morgan fingerprint density at radius 1 is 1.67 bits per heavy atom. The van der Waals surface area contributed by atoms with Crippen LogP contribution in [0.1, 0.15) is 12.0 Å². The topological polar surface area (TPSA) is 56.7 Å². The molecule has 0 amide bonds. The number of carboxylic acid groups (broad SMARTS) is 1. The summed E-state index contributed by atoms with van der Waals surface area (Å²) in [5.74, 6) is -0.761. The van der Waals surface area contributed by atoms with Gasteiger partial charge in [-0.2, -0.15) is 0 Å².